The highest BCUT2D eigenvalue weighted by Gasteiger charge is 2.12. The molecule has 0 aliphatic heterocycles. The summed E-state index contributed by atoms with van der Waals surface area (Å²) in [6, 6.07) is 13.5. The number of ether oxygens (including phenoxy) is 2. The number of carbonyl (C=O) groups excluding carboxylic acids is 1. The van der Waals surface area contributed by atoms with E-state index in [1.165, 1.54) is 6.08 Å². The SMILES string of the molecule is COc1cc(C)c(NC(=O)/C=C/c2c(C)nn(-c3ccccc3)c2C)cc1OC. The van der Waals surface area contributed by atoms with E-state index in [4.69, 9.17) is 9.47 Å². The van der Waals surface area contributed by atoms with Crippen molar-refractivity contribution in [3.63, 3.8) is 0 Å². The molecule has 0 bridgehead atoms. The van der Waals surface area contributed by atoms with Crippen molar-refractivity contribution in [1.29, 1.82) is 0 Å². The van der Waals surface area contributed by atoms with Crippen LogP contribution in [0.3, 0.4) is 0 Å². The number of methoxy groups -OCH3 is 2. The molecule has 150 valence electrons. The number of hydrogen-bond donors (Lipinski definition) is 1. The molecule has 0 aliphatic rings. The van der Waals surface area contributed by atoms with Gasteiger partial charge in [0.15, 0.2) is 11.5 Å². The van der Waals surface area contributed by atoms with Gasteiger partial charge in [-0.05, 0) is 50.6 Å². The Balaban J connectivity index is 1.81. The lowest BCUT2D eigenvalue weighted by Gasteiger charge is -2.12. The number of carbonyl (C=O) groups is 1. The summed E-state index contributed by atoms with van der Waals surface area (Å²) in [4.78, 5) is 12.5. The first-order chi connectivity index (χ1) is 13.9. The van der Waals surface area contributed by atoms with E-state index in [9.17, 15) is 4.79 Å². The molecule has 6 heteroatoms. The molecular formula is C23H25N3O3. The summed E-state index contributed by atoms with van der Waals surface area (Å²) < 4.78 is 12.5. The molecule has 1 aromatic heterocycles. The van der Waals surface area contributed by atoms with Gasteiger partial charge >= 0.3 is 0 Å². The van der Waals surface area contributed by atoms with Crippen molar-refractivity contribution < 1.29 is 14.3 Å². The zero-order valence-corrected chi connectivity index (χ0v) is 17.3. The standard InChI is InChI=1S/C23H25N3O3/c1-15-13-21(28-4)22(29-5)14-20(15)24-23(27)12-11-19-16(2)25-26(17(19)3)18-9-7-6-8-10-18/h6-14H,1-5H3,(H,24,27)/b12-11+. The van der Waals surface area contributed by atoms with Crippen LogP contribution in [0, 0.1) is 20.8 Å². The van der Waals surface area contributed by atoms with Gasteiger partial charge in [0.1, 0.15) is 0 Å². The van der Waals surface area contributed by atoms with Crippen molar-refractivity contribution in [2.24, 2.45) is 0 Å². The molecule has 3 rings (SSSR count). The number of benzene rings is 2. The predicted molar refractivity (Wildman–Crippen MR) is 115 cm³/mol. The van der Waals surface area contributed by atoms with Gasteiger partial charge in [-0.15, -0.1) is 0 Å². The van der Waals surface area contributed by atoms with Crippen LogP contribution < -0.4 is 14.8 Å². The van der Waals surface area contributed by atoms with E-state index < -0.39 is 0 Å². The minimum absolute atomic E-state index is 0.230. The van der Waals surface area contributed by atoms with Gasteiger partial charge < -0.3 is 14.8 Å². The Kier molecular flexibility index (Phi) is 6.02. The number of aromatic nitrogens is 2. The molecule has 0 spiro atoms. The van der Waals surface area contributed by atoms with Gasteiger partial charge in [0, 0.05) is 29.1 Å². The van der Waals surface area contributed by atoms with Gasteiger partial charge in [0.2, 0.25) is 5.91 Å². The van der Waals surface area contributed by atoms with Crippen molar-refractivity contribution in [2.75, 3.05) is 19.5 Å². The van der Waals surface area contributed by atoms with Gasteiger partial charge in [-0.1, -0.05) is 18.2 Å². The Bertz CT molecular complexity index is 1050. The molecule has 1 heterocycles. The monoisotopic (exact) mass is 391 g/mol. The summed E-state index contributed by atoms with van der Waals surface area (Å²) >= 11 is 0. The molecule has 0 atom stereocenters. The molecule has 3 aromatic rings. The molecule has 1 N–H and O–H groups in total. The summed E-state index contributed by atoms with van der Waals surface area (Å²) in [6.07, 6.45) is 3.31. The fourth-order valence-electron chi connectivity index (χ4n) is 3.17. The van der Waals surface area contributed by atoms with Crippen LogP contribution in [0.15, 0.2) is 48.5 Å². The third-order valence-corrected chi connectivity index (χ3v) is 4.74. The minimum atomic E-state index is -0.230. The van der Waals surface area contributed by atoms with E-state index in [-0.39, 0.29) is 5.91 Å². The normalized spacial score (nSPS) is 10.9. The quantitative estimate of drug-likeness (QED) is 0.630. The van der Waals surface area contributed by atoms with Crippen molar-refractivity contribution in [1.82, 2.24) is 9.78 Å². The molecule has 0 unspecified atom stereocenters. The maximum Gasteiger partial charge on any atom is 0.248 e. The number of para-hydroxylation sites is 1. The lowest BCUT2D eigenvalue weighted by Crippen LogP contribution is -2.09. The first-order valence-corrected chi connectivity index (χ1v) is 9.28. The molecule has 0 radical (unpaired) electrons. The van der Waals surface area contributed by atoms with Crippen LogP contribution in [0.1, 0.15) is 22.5 Å². The maximum absolute atomic E-state index is 12.5. The average Bonchev–Trinajstić information content (AvgIpc) is 3.01. The molecule has 0 saturated carbocycles. The van der Waals surface area contributed by atoms with Crippen LogP contribution >= 0.6 is 0 Å². The van der Waals surface area contributed by atoms with Crippen LogP contribution in [-0.2, 0) is 4.79 Å². The fraction of sp³-hybridized carbons (Fsp3) is 0.217. The second-order valence-electron chi connectivity index (χ2n) is 6.68. The van der Waals surface area contributed by atoms with Crippen molar-refractivity contribution >= 4 is 17.7 Å². The van der Waals surface area contributed by atoms with Gasteiger partial charge in [-0.2, -0.15) is 5.10 Å². The first-order valence-electron chi connectivity index (χ1n) is 9.28. The third kappa shape index (κ3) is 4.32. The second-order valence-corrected chi connectivity index (χ2v) is 6.68. The summed E-state index contributed by atoms with van der Waals surface area (Å²) in [5.74, 6) is 0.956. The number of nitrogens with one attached hydrogen (secondary N) is 1. The lowest BCUT2D eigenvalue weighted by molar-refractivity contribution is -0.111. The molecule has 0 fully saturated rings. The first kappa shape index (κ1) is 20.2. The number of nitrogens with zero attached hydrogens (tertiary/aromatic N) is 2. The third-order valence-electron chi connectivity index (χ3n) is 4.74. The van der Waals surface area contributed by atoms with Crippen molar-refractivity contribution in [3.05, 3.63) is 71.1 Å². The zero-order chi connectivity index (χ0) is 21.0. The summed E-state index contributed by atoms with van der Waals surface area (Å²) in [7, 11) is 3.15. The second kappa shape index (κ2) is 8.65. The molecule has 0 aliphatic carbocycles. The zero-order valence-electron chi connectivity index (χ0n) is 17.3. The fourth-order valence-corrected chi connectivity index (χ4v) is 3.17. The Labute approximate surface area is 170 Å². The van der Waals surface area contributed by atoms with Crippen LogP contribution in [0.2, 0.25) is 0 Å². The topological polar surface area (TPSA) is 65.4 Å². The Morgan fingerprint density at radius 1 is 1.03 bits per heavy atom. The molecule has 2 aromatic carbocycles. The Hall–Kier alpha value is -3.54. The van der Waals surface area contributed by atoms with Crippen molar-refractivity contribution in [3.8, 4) is 17.2 Å². The summed E-state index contributed by atoms with van der Waals surface area (Å²) in [5.41, 5.74) is 5.29. The highest BCUT2D eigenvalue weighted by molar-refractivity contribution is 6.02. The van der Waals surface area contributed by atoms with E-state index >= 15 is 0 Å². The van der Waals surface area contributed by atoms with Gasteiger partial charge in [-0.3, -0.25) is 4.79 Å². The van der Waals surface area contributed by atoms with Crippen molar-refractivity contribution in [2.45, 2.75) is 20.8 Å². The van der Waals surface area contributed by atoms with Crippen LogP contribution in [-0.4, -0.2) is 29.9 Å². The number of aryl methyl sites for hydroxylation is 2. The molecule has 1 amide bonds. The summed E-state index contributed by atoms with van der Waals surface area (Å²) in [6.45, 7) is 5.82. The average molecular weight is 391 g/mol. The smallest absolute Gasteiger partial charge is 0.248 e. The molecule has 0 saturated heterocycles. The summed E-state index contributed by atoms with van der Waals surface area (Å²) in [5, 5.41) is 7.50. The Morgan fingerprint density at radius 2 is 1.69 bits per heavy atom. The van der Waals surface area contributed by atoms with Crippen LogP contribution in [0.5, 0.6) is 11.5 Å². The van der Waals surface area contributed by atoms with E-state index in [1.807, 2.05) is 61.9 Å². The van der Waals surface area contributed by atoms with E-state index in [0.717, 1.165) is 28.2 Å². The van der Waals surface area contributed by atoms with Gasteiger partial charge in [-0.25, -0.2) is 4.68 Å². The largest absolute Gasteiger partial charge is 0.493 e. The van der Waals surface area contributed by atoms with Gasteiger partial charge in [0.05, 0.1) is 25.6 Å². The number of rotatable bonds is 6. The number of amides is 1. The molecular weight excluding hydrogens is 366 g/mol. The maximum atomic E-state index is 12.5. The number of hydrogen-bond acceptors (Lipinski definition) is 4. The molecule has 29 heavy (non-hydrogen) atoms. The molecule has 6 nitrogen and oxygen atoms in total. The number of anilines is 1. The predicted octanol–water partition coefficient (Wildman–Crippen LogP) is 4.47. The van der Waals surface area contributed by atoms with Crippen LogP contribution in [0.4, 0.5) is 5.69 Å². The highest BCUT2D eigenvalue weighted by Crippen LogP contribution is 2.32. The minimum Gasteiger partial charge on any atom is -0.493 e. The highest BCUT2D eigenvalue weighted by atomic mass is 16.5. The van der Waals surface area contributed by atoms with E-state index in [1.54, 1.807) is 26.4 Å². The van der Waals surface area contributed by atoms with E-state index in [0.29, 0.717) is 17.2 Å². The van der Waals surface area contributed by atoms with E-state index in [2.05, 4.69) is 10.4 Å². The lowest BCUT2D eigenvalue weighted by atomic mass is 10.1. The Morgan fingerprint density at radius 3 is 2.34 bits per heavy atom. The van der Waals surface area contributed by atoms with Gasteiger partial charge in [0.25, 0.3) is 0 Å². The van der Waals surface area contributed by atoms with Crippen LogP contribution in [0.25, 0.3) is 11.8 Å².